The lowest BCUT2D eigenvalue weighted by Gasteiger charge is -2.51. The third-order valence-electron chi connectivity index (χ3n) is 11.6. The van der Waals surface area contributed by atoms with Crippen molar-refractivity contribution in [3.63, 3.8) is 0 Å². The van der Waals surface area contributed by atoms with E-state index in [1.54, 1.807) is 0 Å². The van der Waals surface area contributed by atoms with E-state index in [0.717, 1.165) is 24.9 Å². The van der Waals surface area contributed by atoms with Crippen molar-refractivity contribution in [3.8, 4) is 0 Å². The van der Waals surface area contributed by atoms with Crippen LogP contribution in [0, 0.1) is 29.1 Å². The molecule has 0 spiro atoms. The second-order valence-electron chi connectivity index (χ2n) is 18.6. The van der Waals surface area contributed by atoms with Gasteiger partial charge in [-0.05, 0) is 165 Å². The molecule has 2 heterocycles. The van der Waals surface area contributed by atoms with Gasteiger partial charge in [0, 0.05) is 12.2 Å². The molecule has 0 N–H and O–H groups in total. The van der Waals surface area contributed by atoms with Gasteiger partial charge in [0.2, 0.25) is 0 Å². The Hall–Kier alpha value is 1.77. The molecule has 11 unspecified atom stereocenters. The van der Waals surface area contributed by atoms with Crippen molar-refractivity contribution in [2.24, 2.45) is 29.1 Å². The van der Waals surface area contributed by atoms with Gasteiger partial charge >= 0.3 is 28.6 Å². The molecule has 2 saturated heterocycles. The lowest BCUT2D eigenvalue weighted by atomic mass is 9.57. The topological polar surface area (TPSA) is 92.3 Å². The molecule has 52 heavy (non-hydrogen) atoms. The SMILES string of the molecule is C[SiH]1O[SiH]O[SiH](CCCC2CC(C(C)(C)C3CCC(O[Si](C)(C)C)C(CCC[SiH]4O[SiH](C)O[SiH](C)O[SiH](C)O4)C3)CCC2O[Si](C)(C)C)O[SiH](C)O1. The lowest BCUT2D eigenvalue weighted by molar-refractivity contribution is -0.0351. The normalized spacial score (nSPS) is 39.3. The summed E-state index contributed by atoms with van der Waals surface area (Å²) in [6, 6.07) is 2.09. The molecule has 2 aliphatic carbocycles. The molecule has 0 amide bonds. The molecule has 10 nitrogen and oxygen atoms in total. The van der Waals surface area contributed by atoms with E-state index >= 15 is 0 Å². The van der Waals surface area contributed by atoms with Crippen LogP contribution in [-0.2, 0) is 41.8 Å². The van der Waals surface area contributed by atoms with E-state index < -0.39 is 91.6 Å². The molecule has 2 saturated carbocycles. The zero-order valence-electron chi connectivity index (χ0n) is 35.2. The van der Waals surface area contributed by atoms with Crippen molar-refractivity contribution >= 4 is 91.6 Å². The summed E-state index contributed by atoms with van der Waals surface area (Å²) in [5.41, 5.74) is 0.281. The minimum absolute atomic E-state index is 0.281. The first kappa shape index (κ1) is 46.5. The van der Waals surface area contributed by atoms with Crippen molar-refractivity contribution in [1.29, 1.82) is 0 Å². The van der Waals surface area contributed by atoms with Crippen LogP contribution in [0.5, 0.6) is 0 Å². The fraction of sp³-hybridized carbons (Fsp3) is 1.00. The highest BCUT2D eigenvalue weighted by Gasteiger charge is 2.46. The Kier molecular flexibility index (Phi) is 18.9. The Bertz CT molecular complexity index is 1040. The number of hydrogen-bond acceptors (Lipinski definition) is 10. The summed E-state index contributed by atoms with van der Waals surface area (Å²) < 4.78 is 63.8. The third kappa shape index (κ3) is 15.8. The molecule has 0 bridgehead atoms. The van der Waals surface area contributed by atoms with E-state index in [0.29, 0.717) is 35.9 Å². The second kappa shape index (κ2) is 21.2. The van der Waals surface area contributed by atoms with Crippen molar-refractivity contribution < 1.29 is 41.8 Å². The van der Waals surface area contributed by atoms with Gasteiger partial charge < -0.3 is 41.8 Å². The summed E-state index contributed by atoms with van der Waals surface area (Å²) in [5.74, 6) is 2.62. The van der Waals surface area contributed by atoms with Crippen LogP contribution >= 0.6 is 0 Å². The van der Waals surface area contributed by atoms with Crippen LogP contribution in [0.15, 0.2) is 0 Å². The first-order valence-electron chi connectivity index (χ1n) is 20.7. The van der Waals surface area contributed by atoms with Gasteiger partial charge in [-0.1, -0.05) is 26.7 Å². The summed E-state index contributed by atoms with van der Waals surface area (Å²) in [4.78, 5) is 0. The number of rotatable bonds is 14. The summed E-state index contributed by atoms with van der Waals surface area (Å²) in [5, 5.41) is 0. The van der Waals surface area contributed by atoms with Crippen LogP contribution < -0.4 is 0 Å². The molecule has 305 valence electrons. The Morgan fingerprint density at radius 3 is 1.42 bits per heavy atom. The predicted octanol–water partition coefficient (Wildman–Crippen LogP) is 5.96. The Labute approximate surface area is 335 Å². The standard InChI is InChI=1S/C32H77O10Si10/c1-32(2,28-18-20-30(33-51(8,9)10)26(24-28)16-14-22-49-36-43-35-44(3)37-46(5)40-49)29-19-21-31(34-52(11,12)13)27(25-29)17-15-23-50-41-47(6)38-45(4)39-48(7)42-50/h26-31,43-50H,14-25H2,1-13H3. The first-order chi connectivity index (χ1) is 24.3. The fourth-order valence-corrected chi connectivity index (χ4v) is 34.3. The molecule has 2 aliphatic heterocycles. The van der Waals surface area contributed by atoms with Gasteiger partial charge in [0.15, 0.2) is 16.6 Å². The van der Waals surface area contributed by atoms with Gasteiger partial charge in [-0.2, -0.15) is 0 Å². The molecular formula is C32H77O10Si10. The van der Waals surface area contributed by atoms with E-state index in [1.807, 2.05) is 0 Å². The second-order valence-corrected chi connectivity index (χ2v) is 45.0. The summed E-state index contributed by atoms with van der Waals surface area (Å²) in [6.07, 6.45) is 12.9. The largest absolute Gasteiger partial charge is 0.420 e. The van der Waals surface area contributed by atoms with Gasteiger partial charge in [0.1, 0.15) is 0 Å². The maximum absolute atomic E-state index is 6.95. The highest BCUT2D eigenvalue weighted by Crippen LogP contribution is 2.52. The van der Waals surface area contributed by atoms with E-state index in [-0.39, 0.29) is 5.41 Å². The molecular weight excluding hydrogens is 825 g/mol. The smallest absolute Gasteiger partial charge is 0.345 e. The Morgan fingerprint density at radius 2 is 0.962 bits per heavy atom. The maximum Gasteiger partial charge on any atom is 0.345 e. The highest BCUT2D eigenvalue weighted by atomic mass is 28.5. The zero-order chi connectivity index (χ0) is 38.3. The number of hydrogen-bond donors (Lipinski definition) is 0. The zero-order valence-corrected chi connectivity index (χ0v) is 46.4. The fourth-order valence-electron chi connectivity index (χ4n) is 9.20. The molecule has 4 aliphatic rings. The molecule has 20 heteroatoms. The average molecular weight is 903 g/mol. The predicted molar refractivity (Wildman–Crippen MR) is 235 cm³/mol. The summed E-state index contributed by atoms with van der Waals surface area (Å²) >= 11 is 0. The van der Waals surface area contributed by atoms with Gasteiger partial charge in [-0.3, -0.25) is 0 Å². The highest BCUT2D eigenvalue weighted by molar-refractivity contribution is 6.73. The van der Waals surface area contributed by atoms with Gasteiger partial charge in [-0.15, -0.1) is 0 Å². The van der Waals surface area contributed by atoms with Crippen LogP contribution in [0.1, 0.15) is 78.1 Å². The first-order valence-corrected chi connectivity index (χ1v) is 42.4. The monoisotopic (exact) mass is 901 g/mol. The van der Waals surface area contributed by atoms with E-state index in [4.69, 9.17) is 41.8 Å². The van der Waals surface area contributed by atoms with Crippen LogP contribution in [0.2, 0.25) is 84.1 Å². The van der Waals surface area contributed by atoms with Crippen LogP contribution in [0.3, 0.4) is 0 Å². The summed E-state index contributed by atoms with van der Waals surface area (Å²) in [6.45, 7) is 30.0. The molecule has 0 aromatic rings. The Balaban J connectivity index is 1.39. The van der Waals surface area contributed by atoms with E-state index in [1.165, 1.54) is 51.4 Å². The molecule has 0 aromatic carbocycles. The molecule has 4 fully saturated rings. The quantitative estimate of drug-likeness (QED) is 0.195. The van der Waals surface area contributed by atoms with Gasteiger partial charge in [0.05, 0.1) is 0 Å². The molecule has 0 aromatic heterocycles. The minimum Gasteiger partial charge on any atom is -0.420 e. The summed E-state index contributed by atoms with van der Waals surface area (Å²) in [7, 11) is -15.5. The van der Waals surface area contributed by atoms with Crippen molar-refractivity contribution in [3.05, 3.63) is 0 Å². The molecule has 4 rings (SSSR count). The third-order valence-corrected chi connectivity index (χ3v) is 36.5. The average Bonchev–Trinajstić information content (AvgIpc) is 2.99. The van der Waals surface area contributed by atoms with Crippen molar-refractivity contribution in [2.75, 3.05) is 0 Å². The Morgan fingerprint density at radius 1 is 0.558 bits per heavy atom. The van der Waals surface area contributed by atoms with Crippen LogP contribution in [-0.4, -0.2) is 104 Å². The van der Waals surface area contributed by atoms with Gasteiger partial charge in [0.25, 0.3) is 46.4 Å². The van der Waals surface area contributed by atoms with Crippen molar-refractivity contribution in [1.82, 2.24) is 0 Å². The molecule has 11 atom stereocenters. The van der Waals surface area contributed by atoms with Crippen molar-refractivity contribution in [2.45, 2.75) is 174 Å². The minimum atomic E-state index is -1.78. The maximum atomic E-state index is 6.95. The van der Waals surface area contributed by atoms with Gasteiger partial charge in [-0.25, -0.2) is 0 Å². The van der Waals surface area contributed by atoms with Crippen LogP contribution in [0.4, 0.5) is 0 Å². The lowest BCUT2D eigenvalue weighted by Crippen LogP contribution is -2.47. The van der Waals surface area contributed by atoms with E-state index in [9.17, 15) is 0 Å². The van der Waals surface area contributed by atoms with Crippen LogP contribution in [0.25, 0.3) is 0 Å². The molecule has 1 radical (unpaired) electrons. The van der Waals surface area contributed by atoms with E-state index in [2.05, 4.69) is 85.9 Å².